The van der Waals surface area contributed by atoms with Crippen LogP contribution in [-0.2, 0) is 24.8 Å². The zero-order chi connectivity index (χ0) is 20.1. The molecule has 1 aromatic heterocycles. The molecule has 2 heterocycles. The SMILES string of the molecule is Cc1nn(C)c(C)c1CN(C(=O)COc1cccc2c1OC(C)(C)C2)C1CC1. The maximum absolute atomic E-state index is 13.0. The Kier molecular flexibility index (Phi) is 4.60. The molecule has 0 atom stereocenters. The second-order valence-electron chi connectivity index (χ2n) is 8.60. The molecule has 0 bridgehead atoms. The van der Waals surface area contributed by atoms with Gasteiger partial charge in [-0.3, -0.25) is 9.48 Å². The first-order valence-corrected chi connectivity index (χ1v) is 9.97. The van der Waals surface area contributed by atoms with Gasteiger partial charge in [0.2, 0.25) is 0 Å². The first kappa shape index (κ1) is 18.8. The molecule has 28 heavy (non-hydrogen) atoms. The molecule has 1 saturated carbocycles. The van der Waals surface area contributed by atoms with Gasteiger partial charge in [0.1, 0.15) is 5.60 Å². The molecule has 6 heteroatoms. The van der Waals surface area contributed by atoms with Crippen molar-refractivity contribution in [2.45, 2.75) is 65.1 Å². The van der Waals surface area contributed by atoms with Crippen LogP contribution >= 0.6 is 0 Å². The first-order valence-electron chi connectivity index (χ1n) is 9.97. The quantitative estimate of drug-likeness (QED) is 0.768. The zero-order valence-corrected chi connectivity index (χ0v) is 17.4. The average molecular weight is 383 g/mol. The van der Waals surface area contributed by atoms with Gasteiger partial charge in [0, 0.05) is 42.9 Å². The van der Waals surface area contributed by atoms with E-state index < -0.39 is 0 Å². The number of hydrogen-bond acceptors (Lipinski definition) is 4. The van der Waals surface area contributed by atoms with Crippen LogP contribution in [0, 0.1) is 13.8 Å². The molecular weight excluding hydrogens is 354 g/mol. The molecule has 0 unspecified atom stereocenters. The van der Waals surface area contributed by atoms with Crippen molar-refractivity contribution in [2.75, 3.05) is 6.61 Å². The van der Waals surface area contributed by atoms with Crippen molar-refractivity contribution in [1.29, 1.82) is 0 Å². The van der Waals surface area contributed by atoms with Crippen LogP contribution < -0.4 is 9.47 Å². The number of amides is 1. The number of carbonyl (C=O) groups is 1. The summed E-state index contributed by atoms with van der Waals surface area (Å²) in [6.45, 7) is 8.79. The molecule has 6 nitrogen and oxygen atoms in total. The second-order valence-corrected chi connectivity index (χ2v) is 8.60. The van der Waals surface area contributed by atoms with Crippen LogP contribution in [0.15, 0.2) is 18.2 Å². The minimum atomic E-state index is -0.235. The van der Waals surface area contributed by atoms with Gasteiger partial charge in [0.25, 0.3) is 5.91 Å². The summed E-state index contributed by atoms with van der Waals surface area (Å²) in [5.74, 6) is 1.44. The summed E-state index contributed by atoms with van der Waals surface area (Å²) in [7, 11) is 1.94. The lowest BCUT2D eigenvalue weighted by molar-refractivity contribution is -0.134. The second kappa shape index (κ2) is 6.83. The molecule has 1 amide bonds. The summed E-state index contributed by atoms with van der Waals surface area (Å²) in [6.07, 6.45) is 2.96. The van der Waals surface area contributed by atoms with E-state index in [2.05, 4.69) is 25.0 Å². The average Bonchev–Trinajstić information content (AvgIpc) is 3.36. The summed E-state index contributed by atoms with van der Waals surface area (Å²) in [5, 5.41) is 4.48. The zero-order valence-electron chi connectivity index (χ0n) is 17.4. The van der Waals surface area contributed by atoms with E-state index in [9.17, 15) is 4.79 Å². The number of aryl methyl sites for hydroxylation is 2. The van der Waals surface area contributed by atoms with E-state index in [1.54, 1.807) is 0 Å². The molecule has 1 aliphatic heterocycles. The van der Waals surface area contributed by atoms with Crippen molar-refractivity contribution in [3.63, 3.8) is 0 Å². The highest BCUT2D eigenvalue weighted by Crippen LogP contribution is 2.41. The Bertz CT molecular complexity index is 912. The van der Waals surface area contributed by atoms with Gasteiger partial charge >= 0.3 is 0 Å². The van der Waals surface area contributed by atoms with Crippen LogP contribution in [0.4, 0.5) is 0 Å². The number of para-hydroxylation sites is 1. The van der Waals surface area contributed by atoms with Gasteiger partial charge in [0.05, 0.1) is 5.69 Å². The van der Waals surface area contributed by atoms with Crippen LogP contribution in [-0.4, -0.2) is 38.8 Å². The highest BCUT2D eigenvalue weighted by atomic mass is 16.5. The van der Waals surface area contributed by atoms with Crippen molar-refractivity contribution in [3.8, 4) is 11.5 Å². The van der Waals surface area contributed by atoms with E-state index in [4.69, 9.17) is 9.47 Å². The summed E-state index contributed by atoms with van der Waals surface area (Å²) >= 11 is 0. The highest BCUT2D eigenvalue weighted by molar-refractivity contribution is 5.78. The summed E-state index contributed by atoms with van der Waals surface area (Å²) in [5.41, 5.74) is 4.12. The maximum atomic E-state index is 13.0. The van der Waals surface area contributed by atoms with Gasteiger partial charge in [-0.05, 0) is 46.6 Å². The summed E-state index contributed by atoms with van der Waals surface area (Å²) in [4.78, 5) is 14.9. The molecule has 1 aliphatic carbocycles. The molecule has 0 saturated heterocycles. The number of nitrogens with zero attached hydrogens (tertiary/aromatic N) is 3. The third kappa shape index (κ3) is 3.60. The third-order valence-corrected chi connectivity index (χ3v) is 5.70. The standard InChI is InChI=1S/C22H29N3O3/c1-14-18(15(2)24(5)23-14)12-25(17-9-10-17)20(26)13-27-19-8-6-7-16-11-22(3,4)28-21(16)19/h6-8,17H,9-13H2,1-5H3. The maximum Gasteiger partial charge on any atom is 0.261 e. The van der Waals surface area contributed by atoms with Gasteiger partial charge < -0.3 is 14.4 Å². The number of fused-ring (bicyclic) bond motifs is 1. The van der Waals surface area contributed by atoms with E-state index in [-0.39, 0.29) is 18.1 Å². The van der Waals surface area contributed by atoms with E-state index in [0.29, 0.717) is 18.3 Å². The predicted octanol–water partition coefficient (Wildman–Crippen LogP) is 3.32. The van der Waals surface area contributed by atoms with E-state index in [0.717, 1.165) is 47.5 Å². The molecule has 0 N–H and O–H groups in total. The van der Waals surface area contributed by atoms with Gasteiger partial charge in [0.15, 0.2) is 18.1 Å². The number of rotatable bonds is 6. The summed E-state index contributed by atoms with van der Waals surface area (Å²) in [6, 6.07) is 6.21. The van der Waals surface area contributed by atoms with Crippen LogP contribution in [0.1, 0.15) is 49.2 Å². The van der Waals surface area contributed by atoms with E-state index in [1.165, 1.54) is 0 Å². The molecular formula is C22H29N3O3. The number of benzene rings is 1. The van der Waals surface area contributed by atoms with Crippen molar-refractivity contribution in [1.82, 2.24) is 14.7 Å². The van der Waals surface area contributed by atoms with Crippen molar-refractivity contribution in [2.24, 2.45) is 7.05 Å². The van der Waals surface area contributed by atoms with Crippen LogP contribution in [0.5, 0.6) is 11.5 Å². The number of ether oxygens (including phenoxy) is 2. The van der Waals surface area contributed by atoms with Gasteiger partial charge in [-0.1, -0.05) is 12.1 Å². The molecule has 4 rings (SSSR count). The van der Waals surface area contributed by atoms with Crippen molar-refractivity contribution < 1.29 is 14.3 Å². The number of carbonyl (C=O) groups excluding carboxylic acids is 1. The minimum absolute atomic E-state index is 0.0139. The Labute approximate surface area is 166 Å². The highest BCUT2D eigenvalue weighted by Gasteiger charge is 2.35. The Morgan fingerprint density at radius 2 is 2.11 bits per heavy atom. The lowest BCUT2D eigenvalue weighted by Gasteiger charge is -2.23. The minimum Gasteiger partial charge on any atom is -0.483 e. The molecule has 0 radical (unpaired) electrons. The van der Waals surface area contributed by atoms with Crippen LogP contribution in [0.3, 0.4) is 0 Å². The van der Waals surface area contributed by atoms with E-state index in [1.807, 2.05) is 42.6 Å². The fourth-order valence-electron chi connectivity index (χ4n) is 3.95. The molecule has 2 aliphatic rings. The monoisotopic (exact) mass is 383 g/mol. The van der Waals surface area contributed by atoms with Gasteiger partial charge in [-0.25, -0.2) is 0 Å². The van der Waals surface area contributed by atoms with Gasteiger partial charge in [-0.15, -0.1) is 0 Å². The third-order valence-electron chi connectivity index (χ3n) is 5.70. The Morgan fingerprint density at radius 1 is 1.36 bits per heavy atom. The van der Waals surface area contributed by atoms with Crippen LogP contribution in [0.2, 0.25) is 0 Å². The van der Waals surface area contributed by atoms with Crippen molar-refractivity contribution >= 4 is 5.91 Å². The fourth-order valence-corrected chi connectivity index (χ4v) is 3.95. The predicted molar refractivity (Wildman–Crippen MR) is 107 cm³/mol. The van der Waals surface area contributed by atoms with Gasteiger partial charge in [-0.2, -0.15) is 5.10 Å². The Morgan fingerprint density at radius 3 is 2.75 bits per heavy atom. The van der Waals surface area contributed by atoms with Crippen LogP contribution in [0.25, 0.3) is 0 Å². The fraction of sp³-hybridized carbons (Fsp3) is 0.545. The lowest BCUT2D eigenvalue weighted by Crippen LogP contribution is -2.36. The topological polar surface area (TPSA) is 56.6 Å². The first-order chi connectivity index (χ1) is 13.2. The summed E-state index contributed by atoms with van der Waals surface area (Å²) < 4.78 is 13.9. The van der Waals surface area contributed by atoms with E-state index >= 15 is 0 Å². The number of aromatic nitrogens is 2. The lowest BCUT2D eigenvalue weighted by atomic mass is 10.0. The molecule has 150 valence electrons. The largest absolute Gasteiger partial charge is 0.483 e. The Balaban J connectivity index is 1.46. The molecule has 1 fully saturated rings. The molecule has 1 aromatic carbocycles. The molecule has 0 spiro atoms. The molecule has 2 aromatic rings. The normalized spacial score (nSPS) is 17.2. The smallest absolute Gasteiger partial charge is 0.261 e. The Hall–Kier alpha value is -2.50. The van der Waals surface area contributed by atoms with Crippen molar-refractivity contribution in [3.05, 3.63) is 40.7 Å². The number of hydrogen-bond donors (Lipinski definition) is 0.